The second-order valence-electron chi connectivity index (χ2n) is 6.91. The molecule has 1 aromatic carbocycles. The Hall–Kier alpha value is -2.02. The van der Waals surface area contributed by atoms with E-state index in [0.29, 0.717) is 18.9 Å². The van der Waals surface area contributed by atoms with Gasteiger partial charge in [0.2, 0.25) is 20.0 Å². The van der Waals surface area contributed by atoms with Crippen LogP contribution in [0.5, 0.6) is 0 Å². The zero-order valence-electron chi connectivity index (χ0n) is 15.7. The van der Waals surface area contributed by atoms with Crippen molar-refractivity contribution in [3.8, 4) is 0 Å². The molecule has 12 heteroatoms. The fourth-order valence-electron chi connectivity index (χ4n) is 3.15. The molecule has 0 spiro atoms. The predicted octanol–water partition coefficient (Wildman–Crippen LogP) is 2.48. The van der Waals surface area contributed by atoms with E-state index in [-0.39, 0.29) is 30.4 Å². The lowest BCUT2D eigenvalue weighted by molar-refractivity contribution is -0.137. The van der Waals surface area contributed by atoms with E-state index >= 15 is 0 Å². The number of hydrogen-bond acceptors (Lipinski definition) is 5. The van der Waals surface area contributed by atoms with E-state index in [4.69, 9.17) is 0 Å². The monoisotopic (exact) mass is 463 g/mol. The highest BCUT2D eigenvalue weighted by Crippen LogP contribution is 2.30. The Kier molecular flexibility index (Phi) is 6.51. The van der Waals surface area contributed by atoms with E-state index in [1.807, 2.05) is 0 Å². The third-order valence-electron chi connectivity index (χ3n) is 4.88. The van der Waals surface area contributed by atoms with Crippen molar-refractivity contribution in [2.75, 3.05) is 19.6 Å². The average Bonchev–Trinajstić information content (AvgIpc) is 2.73. The van der Waals surface area contributed by atoms with Crippen LogP contribution in [0.15, 0.2) is 58.6 Å². The standard InChI is InChI=1S/C18H20F3N3O4S2/c19-18(20,21)15-3-1-4-16(11-15)29(25,26)23-12-14-6-9-24(10-7-14)30(27,28)17-5-2-8-22-13-17/h1-5,8,11,13-14,23H,6-7,9-10,12H2. The Morgan fingerprint density at radius 1 is 1.03 bits per heavy atom. The van der Waals surface area contributed by atoms with Gasteiger partial charge >= 0.3 is 6.18 Å². The molecule has 1 fully saturated rings. The molecule has 1 aromatic heterocycles. The van der Waals surface area contributed by atoms with Crippen molar-refractivity contribution in [3.05, 3.63) is 54.4 Å². The molecule has 0 unspecified atom stereocenters. The molecule has 1 N–H and O–H groups in total. The first-order valence-electron chi connectivity index (χ1n) is 9.07. The minimum absolute atomic E-state index is 0.0133. The number of piperidine rings is 1. The Labute approximate surface area is 173 Å². The SMILES string of the molecule is O=S(=O)(NCC1CCN(S(=O)(=O)c2cccnc2)CC1)c1cccc(C(F)(F)F)c1. The highest BCUT2D eigenvalue weighted by Gasteiger charge is 2.32. The van der Waals surface area contributed by atoms with Crippen molar-refractivity contribution in [1.29, 1.82) is 0 Å². The molecule has 1 aliphatic rings. The molecule has 164 valence electrons. The molecule has 0 aliphatic carbocycles. The third kappa shape index (κ3) is 5.17. The van der Waals surface area contributed by atoms with Crippen LogP contribution < -0.4 is 4.72 Å². The summed E-state index contributed by atoms with van der Waals surface area (Å²) in [7, 11) is -7.78. The van der Waals surface area contributed by atoms with Gasteiger partial charge in [0.05, 0.1) is 10.5 Å². The van der Waals surface area contributed by atoms with Crippen LogP contribution in [0.3, 0.4) is 0 Å². The fourth-order valence-corrected chi connectivity index (χ4v) is 5.75. The molecule has 1 aliphatic heterocycles. The van der Waals surface area contributed by atoms with Crippen LogP contribution in [0.25, 0.3) is 0 Å². The summed E-state index contributed by atoms with van der Waals surface area (Å²) in [6, 6.07) is 6.52. The summed E-state index contributed by atoms with van der Waals surface area (Å²) < 4.78 is 92.0. The summed E-state index contributed by atoms with van der Waals surface area (Å²) >= 11 is 0. The molecule has 2 heterocycles. The van der Waals surface area contributed by atoms with Gasteiger partial charge in [-0.15, -0.1) is 0 Å². The van der Waals surface area contributed by atoms with Gasteiger partial charge in [0.1, 0.15) is 4.90 Å². The van der Waals surface area contributed by atoms with Crippen molar-refractivity contribution in [3.63, 3.8) is 0 Å². The molecule has 7 nitrogen and oxygen atoms in total. The van der Waals surface area contributed by atoms with Crippen LogP contribution >= 0.6 is 0 Å². The molecule has 1 saturated heterocycles. The number of aromatic nitrogens is 1. The zero-order valence-corrected chi connectivity index (χ0v) is 17.3. The van der Waals surface area contributed by atoms with Crippen molar-refractivity contribution >= 4 is 20.0 Å². The average molecular weight is 464 g/mol. The van der Waals surface area contributed by atoms with Crippen LogP contribution in [0, 0.1) is 5.92 Å². The zero-order chi connectivity index (χ0) is 22.0. The van der Waals surface area contributed by atoms with Gasteiger partial charge < -0.3 is 0 Å². The molecule has 2 aromatic rings. The minimum Gasteiger partial charge on any atom is -0.263 e. The first-order valence-corrected chi connectivity index (χ1v) is 12.0. The van der Waals surface area contributed by atoms with Crippen LogP contribution in [0.1, 0.15) is 18.4 Å². The van der Waals surface area contributed by atoms with Gasteiger partial charge in [0.15, 0.2) is 0 Å². The summed E-state index contributed by atoms with van der Waals surface area (Å²) in [5.41, 5.74) is -1.04. The van der Waals surface area contributed by atoms with E-state index in [9.17, 15) is 30.0 Å². The molecule has 0 radical (unpaired) electrons. The number of nitrogens with one attached hydrogen (secondary N) is 1. The van der Waals surface area contributed by atoms with Crippen molar-refractivity contribution < 1.29 is 30.0 Å². The highest BCUT2D eigenvalue weighted by atomic mass is 32.2. The largest absolute Gasteiger partial charge is 0.416 e. The summed E-state index contributed by atoms with van der Waals surface area (Å²) in [6.45, 7) is 0.444. The number of rotatable bonds is 6. The Bertz CT molecular complexity index is 1080. The summed E-state index contributed by atoms with van der Waals surface area (Å²) in [6.07, 6.45) is -1.06. The maximum absolute atomic E-state index is 12.8. The Morgan fingerprint density at radius 2 is 1.70 bits per heavy atom. The maximum Gasteiger partial charge on any atom is 0.416 e. The predicted molar refractivity (Wildman–Crippen MR) is 102 cm³/mol. The number of hydrogen-bond donors (Lipinski definition) is 1. The lowest BCUT2D eigenvalue weighted by Crippen LogP contribution is -2.41. The van der Waals surface area contributed by atoms with Gasteiger partial charge in [0.25, 0.3) is 0 Å². The van der Waals surface area contributed by atoms with Crippen molar-refractivity contribution in [2.45, 2.75) is 28.8 Å². The number of alkyl halides is 3. The van der Waals surface area contributed by atoms with Crippen molar-refractivity contribution in [2.24, 2.45) is 5.92 Å². The quantitative estimate of drug-likeness (QED) is 0.710. The Morgan fingerprint density at radius 3 is 2.30 bits per heavy atom. The second kappa shape index (κ2) is 8.61. The third-order valence-corrected chi connectivity index (χ3v) is 8.18. The normalized spacial score (nSPS) is 17.2. The number of nitrogens with zero attached hydrogens (tertiary/aromatic N) is 2. The number of halogens is 3. The lowest BCUT2D eigenvalue weighted by Gasteiger charge is -2.31. The van der Waals surface area contributed by atoms with Crippen LogP contribution in [-0.2, 0) is 26.2 Å². The number of sulfonamides is 2. The van der Waals surface area contributed by atoms with E-state index in [0.717, 1.165) is 18.2 Å². The molecular formula is C18H20F3N3O4S2. The molecule has 0 bridgehead atoms. The van der Waals surface area contributed by atoms with Crippen LogP contribution in [-0.4, -0.2) is 45.8 Å². The van der Waals surface area contributed by atoms with Gasteiger partial charge in [-0.3, -0.25) is 4.98 Å². The lowest BCUT2D eigenvalue weighted by atomic mass is 9.99. The topological polar surface area (TPSA) is 96.4 Å². The highest BCUT2D eigenvalue weighted by molar-refractivity contribution is 7.89. The van der Waals surface area contributed by atoms with Gasteiger partial charge in [-0.05, 0) is 49.1 Å². The molecule has 3 rings (SSSR count). The molecule has 0 amide bonds. The summed E-state index contributed by atoms with van der Waals surface area (Å²) in [5, 5.41) is 0. The van der Waals surface area contributed by atoms with Gasteiger partial charge in [-0.2, -0.15) is 17.5 Å². The first-order chi connectivity index (χ1) is 14.0. The van der Waals surface area contributed by atoms with Crippen LogP contribution in [0.2, 0.25) is 0 Å². The molecule has 0 saturated carbocycles. The van der Waals surface area contributed by atoms with E-state index < -0.39 is 36.7 Å². The number of benzene rings is 1. The minimum atomic E-state index is -4.64. The van der Waals surface area contributed by atoms with E-state index in [2.05, 4.69) is 9.71 Å². The molecule has 30 heavy (non-hydrogen) atoms. The first kappa shape index (κ1) is 22.7. The summed E-state index contributed by atoms with van der Waals surface area (Å²) in [4.78, 5) is 3.44. The van der Waals surface area contributed by atoms with Crippen LogP contribution in [0.4, 0.5) is 13.2 Å². The van der Waals surface area contributed by atoms with E-state index in [1.165, 1.54) is 28.8 Å². The number of pyridine rings is 1. The Balaban J connectivity index is 1.59. The second-order valence-corrected chi connectivity index (χ2v) is 10.6. The van der Waals surface area contributed by atoms with Gasteiger partial charge in [-0.25, -0.2) is 21.6 Å². The van der Waals surface area contributed by atoms with Gasteiger partial charge in [0, 0.05) is 32.0 Å². The molecule has 0 atom stereocenters. The van der Waals surface area contributed by atoms with E-state index in [1.54, 1.807) is 0 Å². The maximum atomic E-state index is 12.8. The summed E-state index contributed by atoms with van der Waals surface area (Å²) in [5.74, 6) is -0.133. The molecular weight excluding hydrogens is 443 g/mol. The van der Waals surface area contributed by atoms with Gasteiger partial charge in [-0.1, -0.05) is 6.07 Å². The van der Waals surface area contributed by atoms with Crippen molar-refractivity contribution in [1.82, 2.24) is 14.0 Å². The smallest absolute Gasteiger partial charge is 0.263 e. The fraction of sp³-hybridized carbons (Fsp3) is 0.389.